The number of halogens is 1. The predicted molar refractivity (Wildman–Crippen MR) is 114 cm³/mol. The molecule has 1 aliphatic heterocycles. The molecule has 0 N–H and O–H groups in total. The zero-order valence-electron chi connectivity index (χ0n) is 18.2. The first-order valence-electron chi connectivity index (χ1n) is 11.2. The van der Waals surface area contributed by atoms with E-state index >= 15 is 0 Å². The molecule has 0 spiro atoms. The number of rotatable bonds is 1. The predicted octanol–water partition coefficient (Wildman–Crippen LogP) is 4.98. The van der Waals surface area contributed by atoms with Crippen molar-refractivity contribution in [3.05, 3.63) is 11.6 Å². The van der Waals surface area contributed by atoms with Crippen molar-refractivity contribution in [2.45, 2.75) is 95.5 Å². The Hall–Kier alpha value is -0.520. The number of ether oxygens (including phenoxy) is 2. The van der Waals surface area contributed by atoms with Gasteiger partial charge in [-0.1, -0.05) is 35.4 Å². The smallest absolute Gasteiger partial charge is 0.169 e. The molecule has 4 aliphatic carbocycles. The van der Waals surface area contributed by atoms with E-state index in [-0.39, 0.29) is 33.3 Å². The van der Waals surface area contributed by atoms with Gasteiger partial charge in [0.05, 0.1) is 10.9 Å². The second-order valence-electron chi connectivity index (χ2n) is 11.2. The molecule has 29 heavy (non-hydrogen) atoms. The van der Waals surface area contributed by atoms with Gasteiger partial charge < -0.3 is 9.47 Å². The minimum atomic E-state index is -0.816. The van der Waals surface area contributed by atoms with E-state index in [0.29, 0.717) is 17.8 Å². The van der Waals surface area contributed by atoms with E-state index in [9.17, 15) is 9.59 Å². The summed E-state index contributed by atoms with van der Waals surface area (Å²) in [5.74, 6) is 1.19. The van der Waals surface area contributed by atoms with Crippen LogP contribution >= 0.6 is 15.9 Å². The fourth-order valence-corrected chi connectivity index (χ4v) is 9.14. The average Bonchev–Trinajstić information content (AvgIpc) is 3.03. The molecule has 0 radical (unpaired) electrons. The van der Waals surface area contributed by atoms with E-state index in [2.05, 4.69) is 29.8 Å². The van der Waals surface area contributed by atoms with Gasteiger partial charge in [0.25, 0.3) is 0 Å². The summed E-state index contributed by atoms with van der Waals surface area (Å²) in [4.78, 5) is 25.3. The number of alkyl halides is 1. The van der Waals surface area contributed by atoms with Gasteiger partial charge in [-0.15, -0.1) is 0 Å². The van der Waals surface area contributed by atoms with Crippen LogP contribution in [0.1, 0.15) is 73.1 Å². The van der Waals surface area contributed by atoms with Gasteiger partial charge in [-0.25, -0.2) is 0 Å². The Bertz CT molecular complexity index is 818. The van der Waals surface area contributed by atoms with Crippen LogP contribution in [0, 0.1) is 28.6 Å². The highest BCUT2D eigenvalue weighted by atomic mass is 79.9. The monoisotopic (exact) mass is 464 g/mol. The lowest BCUT2D eigenvalue weighted by molar-refractivity contribution is -0.214. The van der Waals surface area contributed by atoms with Crippen molar-refractivity contribution in [1.29, 1.82) is 0 Å². The number of hydrogen-bond donors (Lipinski definition) is 0. The molecule has 3 saturated carbocycles. The standard InChI is InChI=1S/C24H33BrO4/c1-13(26)24-20(28-21(2,3)29-24)11-17-15-7-6-14-10-19(27)18(25)12-22(14,4)16(15)8-9-23(17,24)5/h10,15-18,20H,6-9,11-12H2,1-5H3. The fraction of sp³-hybridized carbons (Fsp3) is 0.833. The first-order valence-corrected chi connectivity index (χ1v) is 12.1. The number of hydrogen-bond acceptors (Lipinski definition) is 4. The Labute approximate surface area is 182 Å². The largest absolute Gasteiger partial charge is 0.344 e. The van der Waals surface area contributed by atoms with Crippen LogP contribution in [0.3, 0.4) is 0 Å². The summed E-state index contributed by atoms with van der Waals surface area (Å²) in [6.45, 7) is 10.3. The van der Waals surface area contributed by atoms with Crippen molar-refractivity contribution in [2.75, 3.05) is 0 Å². The van der Waals surface area contributed by atoms with Crippen LogP contribution in [0.5, 0.6) is 0 Å². The summed E-state index contributed by atoms with van der Waals surface area (Å²) in [7, 11) is 0. The van der Waals surface area contributed by atoms with Crippen molar-refractivity contribution < 1.29 is 19.1 Å². The third kappa shape index (κ3) is 2.44. The zero-order valence-corrected chi connectivity index (χ0v) is 19.8. The molecule has 0 amide bonds. The Kier molecular flexibility index (Phi) is 4.25. The molecule has 0 aromatic heterocycles. The number of Topliss-reactive ketones (excluding diaryl/α,β-unsaturated/α-hetero) is 1. The molecular weight excluding hydrogens is 432 g/mol. The zero-order chi connectivity index (χ0) is 21.0. The van der Waals surface area contributed by atoms with Crippen LogP contribution in [0.4, 0.5) is 0 Å². The van der Waals surface area contributed by atoms with E-state index in [1.807, 2.05) is 19.9 Å². The third-order valence-electron chi connectivity index (χ3n) is 9.48. The first kappa shape index (κ1) is 20.4. The lowest BCUT2D eigenvalue weighted by Crippen LogP contribution is -2.60. The van der Waals surface area contributed by atoms with E-state index in [1.54, 1.807) is 6.92 Å². The molecular formula is C24H33BrO4. The van der Waals surface area contributed by atoms with E-state index in [1.165, 1.54) is 5.57 Å². The molecule has 1 heterocycles. The molecule has 5 aliphatic rings. The van der Waals surface area contributed by atoms with E-state index in [0.717, 1.165) is 38.5 Å². The molecule has 8 atom stereocenters. The Balaban J connectivity index is 1.54. The Morgan fingerprint density at radius 2 is 1.90 bits per heavy atom. The maximum absolute atomic E-state index is 13.1. The van der Waals surface area contributed by atoms with Gasteiger partial charge in [-0.3, -0.25) is 9.59 Å². The number of carbonyl (C=O) groups excluding carboxylic acids is 2. The quantitative estimate of drug-likeness (QED) is 0.513. The Morgan fingerprint density at radius 3 is 2.59 bits per heavy atom. The number of fused-ring (bicyclic) bond motifs is 7. The number of allylic oxidation sites excluding steroid dienone is 1. The highest BCUT2D eigenvalue weighted by Crippen LogP contribution is 2.70. The minimum absolute atomic E-state index is 0.0673. The number of carbonyl (C=O) groups is 2. The summed E-state index contributed by atoms with van der Waals surface area (Å²) in [6, 6.07) is 0. The summed E-state index contributed by atoms with van der Waals surface area (Å²) in [5, 5.41) is 0. The van der Waals surface area contributed by atoms with Gasteiger partial charge in [-0.2, -0.15) is 0 Å². The van der Waals surface area contributed by atoms with Crippen molar-refractivity contribution >= 4 is 27.5 Å². The summed E-state index contributed by atoms with van der Waals surface area (Å²) < 4.78 is 12.8. The minimum Gasteiger partial charge on any atom is -0.344 e. The van der Waals surface area contributed by atoms with Crippen LogP contribution in [0.2, 0.25) is 0 Å². The van der Waals surface area contributed by atoms with Crippen LogP contribution in [0.25, 0.3) is 0 Å². The van der Waals surface area contributed by atoms with E-state index in [4.69, 9.17) is 9.47 Å². The maximum Gasteiger partial charge on any atom is 0.169 e. The summed E-state index contributed by atoms with van der Waals surface area (Å²) in [5.41, 5.74) is 0.433. The average molecular weight is 465 g/mol. The normalized spacial score (nSPS) is 52.8. The van der Waals surface area contributed by atoms with Gasteiger partial charge in [0.1, 0.15) is 0 Å². The second kappa shape index (κ2) is 6.04. The molecule has 160 valence electrons. The molecule has 0 aromatic rings. The highest BCUT2D eigenvalue weighted by Gasteiger charge is 2.75. The van der Waals surface area contributed by atoms with Crippen molar-refractivity contribution in [3.63, 3.8) is 0 Å². The van der Waals surface area contributed by atoms with Gasteiger partial charge in [-0.05, 0) is 88.5 Å². The maximum atomic E-state index is 13.1. The molecule has 4 fully saturated rings. The first-order chi connectivity index (χ1) is 13.4. The molecule has 1 saturated heterocycles. The van der Waals surface area contributed by atoms with Gasteiger partial charge in [0.2, 0.25) is 0 Å². The molecule has 0 aromatic carbocycles. The van der Waals surface area contributed by atoms with Gasteiger partial charge >= 0.3 is 0 Å². The molecule has 5 rings (SSSR count). The van der Waals surface area contributed by atoms with Crippen LogP contribution in [-0.2, 0) is 19.1 Å². The van der Waals surface area contributed by atoms with E-state index < -0.39 is 11.4 Å². The van der Waals surface area contributed by atoms with Crippen LogP contribution in [-0.4, -0.2) is 33.9 Å². The number of ketones is 2. The summed E-state index contributed by atoms with van der Waals surface area (Å²) in [6.07, 6.45) is 7.77. The lowest BCUT2D eigenvalue weighted by Gasteiger charge is -2.59. The molecule has 5 heteroatoms. The molecule has 0 bridgehead atoms. The van der Waals surface area contributed by atoms with Crippen LogP contribution < -0.4 is 0 Å². The van der Waals surface area contributed by atoms with Crippen molar-refractivity contribution in [3.8, 4) is 0 Å². The van der Waals surface area contributed by atoms with Crippen molar-refractivity contribution in [1.82, 2.24) is 0 Å². The second-order valence-corrected chi connectivity index (χ2v) is 12.3. The summed E-state index contributed by atoms with van der Waals surface area (Å²) >= 11 is 3.64. The topological polar surface area (TPSA) is 52.6 Å². The molecule has 8 unspecified atom stereocenters. The van der Waals surface area contributed by atoms with Gasteiger partial charge in [0, 0.05) is 5.41 Å². The van der Waals surface area contributed by atoms with Crippen LogP contribution in [0.15, 0.2) is 11.6 Å². The molecule has 4 nitrogen and oxygen atoms in total. The lowest BCUT2D eigenvalue weighted by atomic mass is 9.46. The van der Waals surface area contributed by atoms with Gasteiger partial charge in [0.15, 0.2) is 23.0 Å². The Morgan fingerprint density at radius 1 is 1.17 bits per heavy atom. The SMILES string of the molecule is CC(=O)C12OC(C)(C)OC1CC1C3CCC4=CC(=O)C(Br)CC4(C)C3CCC12C. The fourth-order valence-electron chi connectivity index (χ4n) is 8.33. The highest BCUT2D eigenvalue weighted by molar-refractivity contribution is 9.10. The third-order valence-corrected chi connectivity index (χ3v) is 10.3. The van der Waals surface area contributed by atoms with Crippen molar-refractivity contribution in [2.24, 2.45) is 28.6 Å².